The van der Waals surface area contributed by atoms with Crippen LogP contribution in [0.15, 0.2) is 52.9 Å². The Morgan fingerprint density at radius 1 is 1.12 bits per heavy atom. The molecule has 2 aliphatic rings. The molecule has 5 aromatic rings. The number of nitrogens with one attached hydrogen (secondary N) is 1. The van der Waals surface area contributed by atoms with E-state index in [1.807, 2.05) is 54.9 Å². The van der Waals surface area contributed by atoms with Gasteiger partial charge in [0.1, 0.15) is 24.7 Å². The highest BCUT2D eigenvalue weighted by molar-refractivity contribution is 7.13. The summed E-state index contributed by atoms with van der Waals surface area (Å²) >= 11 is 1.49. The number of carboxylic acid groups (broad SMARTS) is 1. The number of likely N-dealkylation sites (N-methyl/N-ethyl adjacent to an activating group) is 1. The van der Waals surface area contributed by atoms with E-state index in [0.717, 1.165) is 36.2 Å². The molecular weight excluding hydrogens is 639 g/mol. The average Bonchev–Trinajstić information content (AvgIpc) is 3.82. The molecule has 4 heterocycles. The van der Waals surface area contributed by atoms with Crippen LogP contribution in [0.4, 0.5) is 5.69 Å². The highest BCUT2D eigenvalue weighted by Crippen LogP contribution is 2.37. The van der Waals surface area contributed by atoms with Gasteiger partial charge in [-0.1, -0.05) is 35.6 Å². The molecule has 2 aromatic heterocycles. The normalized spacial score (nSPS) is 16.3. The number of carboxylic acids is 1. The molecule has 7 rings (SSSR count). The molecule has 1 amide bonds. The van der Waals surface area contributed by atoms with Crippen LogP contribution in [0.25, 0.3) is 33.7 Å². The lowest BCUT2D eigenvalue weighted by Gasteiger charge is -2.18. The third-order valence-electron chi connectivity index (χ3n) is 9.57. The van der Waals surface area contributed by atoms with E-state index in [1.54, 1.807) is 12.1 Å². The summed E-state index contributed by atoms with van der Waals surface area (Å²) in [5.41, 5.74) is 7.08. The quantitative estimate of drug-likeness (QED) is 0.221. The predicted octanol–water partition coefficient (Wildman–Crippen LogP) is 5.25. The molecule has 2 N–H and O–H groups in total. The van der Waals surface area contributed by atoms with Crippen LogP contribution in [0.3, 0.4) is 0 Å². The Morgan fingerprint density at radius 3 is 2.65 bits per heavy atom. The highest BCUT2D eigenvalue weighted by Gasteiger charge is 2.32. The first-order valence-electron chi connectivity index (χ1n) is 16.1. The van der Waals surface area contributed by atoms with E-state index < -0.39 is 5.97 Å². The number of rotatable bonds is 7. The van der Waals surface area contributed by atoms with Crippen molar-refractivity contribution in [2.75, 3.05) is 32.0 Å². The SMILES string of the molecule is Cc1c(-c2nc3cc(CN4CC[C@@H](C(=O)O)C4)cc(C#N)c3o2)cccc1-c1cccc(NC(=O)c2sc3c([n+]2C)CCN(C)C3)c1C#N. The minimum absolute atomic E-state index is 0.255. The summed E-state index contributed by atoms with van der Waals surface area (Å²) < 4.78 is 8.17. The van der Waals surface area contributed by atoms with Crippen LogP contribution in [0, 0.1) is 35.5 Å². The summed E-state index contributed by atoms with van der Waals surface area (Å²) in [5, 5.41) is 33.3. The molecule has 1 fully saturated rings. The largest absolute Gasteiger partial charge is 0.481 e. The van der Waals surface area contributed by atoms with Gasteiger partial charge in [-0.15, -0.1) is 0 Å². The second kappa shape index (κ2) is 12.9. The summed E-state index contributed by atoms with van der Waals surface area (Å²) in [4.78, 5) is 35.2. The number of nitrogens with zero attached hydrogens (tertiary/aromatic N) is 6. The molecular formula is C37H34N7O4S+. The number of fused-ring (bicyclic) bond motifs is 2. The molecule has 0 saturated carbocycles. The maximum Gasteiger partial charge on any atom is 0.331 e. The van der Waals surface area contributed by atoms with E-state index in [1.165, 1.54) is 21.9 Å². The fourth-order valence-electron chi connectivity index (χ4n) is 6.96. The van der Waals surface area contributed by atoms with E-state index in [-0.39, 0.29) is 11.8 Å². The number of likely N-dealkylation sites (tertiary alicyclic amines) is 1. The van der Waals surface area contributed by atoms with Crippen LogP contribution in [-0.2, 0) is 31.4 Å². The van der Waals surface area contributed by atoms with Crippen LogP contribution in [0.5, 0.6) is 0 Å². The van der Waals surface area contributed by atoms with Gasteiger partial charge >= 0.3 is 16.9 Å². The number of carbonyl (C=O) groups excluding carboxylic acids is 1. The molecule has 0 radical (unpaired) electrons. The van der Waals surface area contributed by atoms with Crippen LogP contribution in [0.1, 0.15) is 49.0 Å². The van der Waals surface area contributed by atoms with Crippen LogP contribution in [0.2, 0.25) is 0 Å². The van der Waals surface area contributed by atoms with Crippen molar-refractivity contribution < 1.29 is 23.7 Å². The van der Waals surface area contributed by atoms with Gasteiger partial charge in [0, 0.05) is 43.7 Å². The van der Waals surface area contributed by atoms with Crippen molar-refractivity contribution in [2.45, 2.75) is 32.9 Å². The number of hydrogen-bond donors (Lipinski definition) is 2. The van der Waals surface area contributed by atoms with E-state index in [2.05, 4.69) is 34.3 Å². The maximum atomic E-state index is 13.5. The number of nitriles is 2. The topological polar surface area (TPSA) is 150 Å². The van der Waals surface area contributed by atoms with Crippen molar-refractivity contribution in [3.05, 3.63) is 86.4 Å². The Labute approximate surface area is 287 Å². The maximum absolute atomic E-state index is 13.5. The number of thiazole rings is 1. The van der Waals surface area contributed by atoms with Gasteiger partial charge in [-0.05, 0) is 67.9 Å². The monoisotopic (exact) mass is 672 g/mol. The number of benzene rings is 3. The van der Waals surface area contributed by atoms with Gasteiger partial charge in [0.15, 0.2) is 11.3 Å². The summed E-state index contributed by atoms with van der Waals surface area (Å²) in [6, 6.07) is 19.3. The molecule has 12 heteroatoms. The van der Waals surface area contributed by atoms with Crippen molar-refractivity contribution in [1.82, 2.24) is 14.8 Å². The van der Waals surface area contributed by atoms with Crippen LogP contribution < -0.4 is 9.88 Å². The molecule has 0 unspecified atom stereocenters. The Kier molecular flexibility index (Phi) is 8.47. The molecule has 0 bridgehead atoms. The second-order valence-corrected chi connectivity index (χ2v) is 13.9. The summed E-state index contributed by atoms with van der Waals surface area (Å²) in [7, 11) is 3.99. The lowest BCUT2D eigenvalue weighted by atomic mass is 9.92. The predicted molar refractivity (Wildman–Crippen MR) is 184 cm³/mol. The second-order valence-electron chi connectivity index (χ2n) is 12.8. The molecule has 0 spiro atoms. The number of amides is 1. The molecule has 246 valence electrons. The van der Waals surface area contributed by atoms with Crippen LogP contribution >= 0.6 is 11.3 Å². The number of carbonyl (C=O) groups is 2. The first kappa shape index (κ1) is 32.2. The van der Waals surface area contributed by atoms with Crippen molar-refractivity contribution in [2.24, 2.45) is 13.0 Å². The molecule has 0 aliphatic carbocycles. The van der Waals surface area contributed by atoms with Crippen molar-refractivity contribution >= 4 is 40.0 Å². The van der Waals surface area contributed by atoms with Gasteiger partial charge in [0.2, 0.25) is 5.89 Å². The lowest BCUT2D eigenvalue weighted by molar-refractivity contribution is -0.676. The fourth-order valence-corrected chi connectivity index (χ4v) is 8.22. The van der Waals surface area contributed by atoms with E-state index in [0.29, 0.717) is 76.0 Å². The number of anilines is 1. The first-order chi connectivity index (χ1) is 23.6. The molecule has 1 atom stereocenters. The average molecular weight is 673 g/mol. The van der Waals surface area contributed by atoms with E-state index in [9.17, 15) is 25.2 Å². The number of oxazole rings is 1. The fraction of sp³-hybridized carbons (Fsp3) is 0.297. The molecule has 11 nitrogen and oxygen atoms in total. The minimum Gasteiger partial charge on any atom is -0.481 e. The third-order valence-corrected chi connectivity index (χ3v) is 10.8. The minimum atomic E-state index is -0.785. The van der Waals surface area contributed by atoms with Crippen LogP contribution in [-0.4, -0.2) is 58.4 Å². The molecule has 1 saturated heterocycles. The lowest BCUT2D eigenvalue weighted by Crippen LogP contribution is -2.41. The van der Waals surface area contributed by atoms with Crippen molar-refractivity contribution in [3.8, 4) is 34.7 Å². The van der Waals surface area contributed by atoms with Gasteiger partial charge < -0.3 is 19.7 Å². The number of aromatic nitrogens is 2. The first-order valence-corrected chi connectivity index (χ1v) is 16.9. The Morgan fingerprint density at radius 2 is 1.90 bits per heavy atom. The van der Waals surface area contributed by atoms with E-state index >= 15 is 0 Å². The molecule has 3 aromatic carbocycles. The summed E-state index contributed by atoms with van der Waals surface area (Å²) in [6.07, 6.45) is 1.48. The highest BCUT2D eigenvalue weighted by atomic mass is 32.1. The standard InChI is InChI=1S/C37H33N7O4S/c1-21-25(27-8-5-9-29(28(27)17-39)40-34(45)36-43(3)31-11-12-42(2)20-32(31)49-36)6-4-7-26(21)35-41-30-15-22(14-24(16-38)33(30)48-35)18-44-13-10-23(19-44)37(46)47/h4-9,14-15,23H,10-13,18-20H2,1-3H3,(H-,40,45,46,47)/p+1/t23-/m1/s1. The van der Waals surface area contributed by atoms with Gasteiger partial charge in [-0.25, -0.2) is 4.98 Å². The summed E-state index contributed by atoms with van der Waals surface area (Å²) in [6.45, 7) is 5.34. The van der Waals surface area contributed by atoms with Gasteiger partial charge in [0.25, 0.3) is 0 Å². The molecule has 2 aliphatic heterocycles. The van der Waals surface area contributed by atoms with Gasteiger partial charge in [0.05, 0.1) is 27.6 Å². The summed E-state index contributed by atoms with van der Waals surface area (Å²) in [5.74, 6) is -1.08. The van der Waals surface area contributed by atoms with Crippen molar-refractivity contribution in [1.29, 1.82) is 10.5 Å². The van der Waals surface area contributed by atoms with Crippen molar-refractivity contribution in [3.63, 3.8) is 0 Å². The Hall–Kier alpha value is -5.40. The van der Waals surface area contributed by atoms with E-state index in [4.69, 9.17) is 9.40 Å². The zero-order chi connectivity index (χ0) is 34.4. The zero-order valence-electron chi connectivity index (χ0n) is 27.4. The smallest absolute Gasteiger partial charge is 0.331 e. The number of hydrogen-bond acceptors (Lipinski definition) is 9. The number of aliphatic carboxylic acids is 1. The van der Waals surface area contributed by atoms with Gasteiger partial charge in [-0.2, -0.15) is 15.1 Å². The zero-order valence-corrected chi connectivity index (χ0v) is 28.2. The third kappa shape index (κ3) is 5.95. The Balaban J connectivity index is 1.19. The Bertz CT molecular complexity index is 2240. The molecule has 49 heavy (non-hydrogen) atoms. The van der Waals surface area contributed by atoms with Gasteiger partial charge in [-0.3, -0.25) is 14.5 Å².